The number of nitrogens with zero attached hydrogens (tertiary/aromatic N) is 1. The van der Waals surface area contributed by atoms with E-state index < -0.39 is 10.2 Å². The van der Waals surface area contributed by atoms with Gasteiger partial charge in [-0.1, -0.05) is 5.16 Å². The lowest BCUT2D eigenvalue weighted by Crippen LogP contribution is -2.34. The summed E-state index contributed by atoms with van der Waals surface area (Å²) in [6, 6.07) is 0. The molecule has 7 nitrogen and oxygen atoms in total. The third kappa shape index (κ3) is 6.63. The van der Waals surface area contributed by atoms with E-state index in [4.69, 9.17) is 10.9 Å². The van der Waals surface area contributed by atoms with Crippen LogP contribution in [-0.4, -0.2) is 33.1 Å². The fourth-order valence-electron chi connectivity index (χ4n) is 0.760. The van der Waals surface area contributed by atoms with Gasteiger partial charge in [-0.05, 0) is 12.8 Å². The zero-order valence-electron chi connectivity index (χ0n) is 8.02. The number of oxime groups is 1. The van der Waals surface area contributed by atoms with Gasteiger partial charge in [0.15, 0.2) is 0 Å². The van der Waals surface area contributed by atoms with Crippen LogP contribution < -0.4 is 15.2 Å². The van der Waals surface area contributed by atoms with Gasteiger partial charge in [0, 0.05) is 20.0 Å². The van der Waals surface area contributed by atoms with Gasteiger partial charge >= 0.3 is 0 Å². The fourth-order valence-corrected chi connectivity index (χ4v) is 1.32. The van der Waals surface area contributed by atoms with Crippen molar-refractivity contribution >= 4 is 16.0 Å². The minimum Gasteiger partial charge on any atom is -0.409 e. The molecule has 8 heteroatoms. The molecule has 0 rings (SSSR count). The first kappa shape index (κ1) is 13.1. The van der Waals surface area contributed by atoms with E-state index in [0.29, 0.717) is 25.8 Å². The molecule has 14 heavy (non-hydrogen) atoms. The third-order valence-electron chi connectivity index (χ3n) is 1.55. The van der Waals surface area contributed by atoms with Gasteiger partial charge < -0.3 is 10.9 Å². The van der Waals surface area contributed by atoms with Gasteiger partial charge in [-0.15, -0.1) is 0 Å². The maximum absolute atomic E-state index is 10.8. The highest BCUT2D eigenvalue weighted by Gasteiger charge is 2.03. The van der Waals surface area contributed by atoms with Crippen molar-refractivity contribution in [2.24, 2.45) is 10.9 Å². The summed E-state index contributed by atoms with van der Waals surface area (Å²) in [4.78, 5) is 0. The molecule has 0 spiro atoms. The second-order valence-electron chi connectivity index (χ2n) is 2.65. The van der Waals surface area contributed by atoms with Gasteiger partial charge in [0.05, 0.1) is 0 Å². The molecule has 0 atom stereocenters. The van der Waals surface area contributed by atoms with E-state index in [2.05, 4.69) is 14.6 Å². The molecule has 0 unspecified atom stereocenters. The van der Waals surface area contributed by atoms with Crippen molar-refractivity contribution in [3.63, 3.8) is 0 Å². The van der Waals surface area contributed by atoms with Gasteiger partial charge in [-0.25, -0.2) is 9.44 Å². The highest BCUT2D eigenvalue weighted by atomic mass is 32.2. The van der Waals surface area contributed by atoms with Crippen molar-refractivity contribution in [1.82, 2.24) is 9.44 Å². The van der Waals surface area contributed by atoms with E-state index in [1.54, 1.807) is 0 Å². The lowest BCUT2D eigenvalue weighted by Gasteiger charge is -2.03. The van der Waals surface area contributed by atoms with E-state index in [-0.39, 0.29) is 5.84 Å². The Balaban J connectivity index is 3.49. The van der Waals surface area contributed by atoms with E-state index in [0.717, 1.165) is 0 Å². The van der Waals surface area contributed by atoms with Crippen LogP contribution in [0, 0.1) is 0 Å². The monoisotopic (exact) mass is 224 g/mol. The van der Waals surface area contributed by atoms with Crippen LogP contribution in [0.15, 0.2) is 5.16 Å². The van der Waals surface area contributed by atoms with Crippen LogP contribution in [0.1, 0.15) is 19.3 Å². The van der Waals surface area contributed by atoms with Gasteiger partial charge in [0.2, 0.25) is 0 Å². The van der Waals surface area contributed by atoms with Crippen LogP contribution in [0.25, 0.3) is 0 Å². The Morgan fingerprint density at radius 1 is 1.50 bits per heavy atom. The number of hydrogen-bond donors (Lipinski definition) is 4. The molecule has 0 amide bonds. The second kappa shape index (κ2) is 6.57. The summed E-state index contributed by atoms with van der Waals surface area (Å²) in [6.07, 6.45) is 1.76. The Kier molecular flexibility index (Phi) is 6.17. The molecule has 0 aromatic heterocycles. The number of nitrogens with one attached hydrogen (secondary N) is 2. The van der Waals surface area contributed by atoms with Crippen molar-refractivity contribution in [1.29, 1.82) is 0 Å². The lowest BCUT2D eigenvalue weighted by molar-refractivity contribution is 0.316. The van der Waals surface area contributed by atoms with Crippen molar-refractivity contribution < 1.29 is 13.6 Å². The van der Waals surface area contributed by atoms with E-state index in [9.17, 15) is 8.42 Å². The molecule has 0 bridgehead atoms. The lowest BCUT2D eigenvalue weighted by atomic mass is 10.2. The molecule has 0 heterocycles. The van der Waals surface area contributed by atoms with E-state index in [1.807, 2.05) is 0 Å². The zero-order valence-corrected chi connectivity index (χ0v) is 8.84. The minimum atomic E-state index is -3.34. The standard InChI is InChI=1S/C6H16N4O3S/c1-8-14(12,13)9-5-3-2-4-6(7)10-11/h8-9,11H,2-5H2,1H3,(H2,7,10). The van der Waals surface area contributed by atoms with Crippen molar-refractivity contribution in [2.45, 2.75) is 19.3 Å². The molecule has 0 saturated carbocycles. The van der Waals surface area contributed by atoms with Gasteiger partial charge in [0.1, 0.15) is 5.84 Å². The summed E-state index contributed by atoms with van der Waals surface area (Å²) < 4.78 is 26.1. The first-order valence-corrected chi connectivity index (χ1v) is 5.64. The molecule has 0 saturated heterocycles. The largest absolute Gasteiger partial charge is 0.409 e. The van der Waals surface area contributed by atoms with Crippen molar-refractivity contribution in [3.05, 3.63) is 0 Å². The van der Waals surface area contributed by atoms with Crippen LogP contribution in [0.3, 0.4) is 0 Å². The molecule has 0 radical (unpaired) electrons. The predicted molar refractivity (Wildman–Crippen MR) is 53.2 cm³/mol. The smallest absolute Gasteiger partial charge is 0.276 e. The van der Waals surface area contributed by atoms with Gasteiger partial charge in [0.25, 0.3) is 10.2 Å². The maximum atomic E-state index is 10.8. The quantitative estimate of drug-likeness (QED) is 0.145. The predicted octanol–water partition coefficient (Wildman–Crippen LogP) is -1.04. The fraction of sp³-hybridized carbons (Fsp3) is 0.833. The molecule has 5 N–H and O–H groups in total. The number of rotatable bonds is 7. The summed E-state index contributed by atoms with van der Waals surface area (Å²) in [6.45, 7) is 0.335. The first-order chi connectivity index (χ1) is 6.52. The summed E-state index contributed by atoms with van der Waals surface area (Å²) in [5, 5.41) is 11.0. The number of amidine groups is 1. The minimum absolute atomic E-state index is 0.154. The van der Waals surface area contributed by atoms with E-state index in [1.165, 1.54) is 7.05 Å². The summed E-state index contributed by atoms with van der Waals surface area (Å²) in [5.41, 5.74) is 5.22. The van der Waals surface area contributed by atoms with Gasteiger partial charge in [-0.3, -0.25) is 0 Å². The highest BCUT2D eigenvalue weighted by molar-refractivity contribution is 7.87. The molecule has 0 aliphatic carbocycles. The molecular formula is C6H16N4O3S. The first-order valence-electron chi connectivity index (χ1n) is 4.16. The highest BCUT2D eigenvalue weighted by Crippen LogP contribution is 1.93. The molecule has 0 aromatic rings. The van der Waals surface area contributed by atoms with Crippen LogP contribution in [-0.2, 0) is 10.2 Å². The summed E-state index contributed by atoms with van der Waals surface area (Å²) in [7, 11) is -2.00. The maximum Gasteiger partial charge on any atom is 0.276 e. The topological polar surface area (TPSA) is 117 Å². The van der Waals surface area contributed by atoms with Crippen molar-refractivity contribution in [3.8, 4) is 0 Å². The summed E-state index contributed by atoms with van der Waals surface area (Å²) in [5.74, 6) is 0.154. The Bertz CT molecular complexity index is 275. The molecule has 0 aliphatic heterocycles. The second-order valence-corrected chi connectivity index (χ2v) is 4.35. The van der Waals surface area contributed by atoms with Crippen LogP contribution in [0.4, 0.5) is 0 Å². The molecule has 0 aliphatic rings. The Morgan fingerprint density at radius 2 is 2.14 bits per heavy atom. The van der Waals surface area contributed by atoms with Crippen LogP contribution in [0.2, 0.25) is 0 Å². The summed E-state index contributed by atoms with van der Waals surface area (Å²) >= 11 is 0. The average Bonchev–Trinajstić information content (AvgIpc) is 2.17. The van der Waals surface area contributed by atoms with E-state index >= 15 is 0 Å². The third-order valence-corrected chi connectivity index (χ3v) is 2.67. The SMILES string of the molecule is CNS(=O)(=O)NCCCCC(N)=NO. The molecule has 0 fully saturated rings. The van der Waals surface area contributed by atoms with Crippen LogP contribution in [0.5, 0.6) is 0 Å². The van der Waals surface area contributed by atoms with Crippen molar-refractivity contribution in [2.75, 3.05) is 13.6 Å². The average molecular weight is 224 g/mol. The molecule has 0 aromatic carbocycles. The number of hydrogen-bond acceptors (Lipinski definition) is 4. The number of nitrogens with two attached hydrogens (primary N) is 1. The normalized spacial score (nSPS) is 13.1. The molecular weight excluding hydrogens is 208 g/mol. The van der Waals surface area contributed by atoms with Gasteiger partial charge in [-0.2, -0.15) is 8.42 Å². The Hall–Kier alpha value is -0.860. The Morgan fingerprint density at radius 3 is 2.64 bits per heavy atom. The zero-order chi connectivity index (χ0) is 11.0. The van der Waals surface area contributed by atoms with Crippen LogP contribution >= 0.6 is 0 Å². The Labute approximate surface area is 83.5 Å². The number of unbranched alkanes of at least 4 members (excludes halogenated alkanes) is 1. The molecule has 84 valence electrons.